The van der Waals surface area contributed by atoms with E-state index in [0.29, 0.717) is 11.8 Å². The van der Waals surface area contributed by atoms with Gasteiger partial charge in [0.05, 0.1) is 5.41 Å². The third kappa shape index (κ3) is 3.04. The van der Waals surface area contributed by atoms with Gasteiger partial charge in [0.2, 0.25) is 0 Å². The summed E-state index contributed by atoms with van der Waals surface area (Å²) in [4.78, 5) is 23.6. The van der Waals surface area contributed by atoms with Crippen molar-refractivity contribution in [1.29, 1.82) is 0 Å². The third-order valence-corrected chi connectivity index (χ3v) is 6.38. The van der Waals surface area contributed by atoms with E-state index in [4.69, 9.17) is 4.74 Å². The fraction of sp³-hybridized carbons (Fsp3) is 0.889. The molecule has 0 aromatic rings. The molecule has 0 unspecified atom stereocenters. The molecule has 0 heterocycles. The van der Waals surface area contributed by atoms with Gasteiger partial charge in [-0.3, -0.25) is 4.79 Å². The summed E-state index contributed by atoms with van der Waals surface area (Å²) in [6.07, 6.45) is 2.56. The maximum atomic E-state index is 12.6. The Labute approximate surface area is 141 Å². The van der Waals surface area contributed by atoms with Crippen molar-refractivity contribution in [3.63, 3.8) is 0 Å². The van der Waals surface area contributed by atoms with Gasteiger partial charge >= 0.3 is 18.4 Å². The summed E-state index contributed by atoms with van der Waals surface area (Å²) < 4.78 is 35.0. The lowest BCUT2D eigenvalue weighted by molar-refractivity contribution is -0.213. The Morgan fingerprint density at radius 3 is 2.04 bits per heavy atom. The van der Waals surface area contributed by atoms with Crippen LogP contribution in [0.25, 0.3) is 0 Å². The number of alkyl halides is 2. The number of hydrogen-bond acceptors (Lipinski definition) is 4. The summed E-state index contributed by atoms with van der Waals surface area (Å²) in [5.41, 5.74) is -1.61. The lowest BCUT2D eigenvalue weighted by Crippen LogP contribution is -2.59. The molecule has 4 aliphatic rings. The van der Waals surface area contributed by atoms with Crippen LogP contribution < -0.4 is 0 Å². The molecule has 0 saturated heterocycles. The quantitative estimate of drug-likeness (QED) is 0.716. The first-order valence-corrected chi connectivity index (χ1v) is 8.80. The smallest absolute Gasteiger partial charge is 0.373 e. The van der Waals surface area contributed by atoms with E-state index < -0.39 is 36.0 Å². The Kier molecular flexibility index (Phi) is 4.37. The van der Waals surface area contributed by atoms with Gasteiger partial charge in [-0.05, 0) is 76.5 Å². The van der Waals surface area contributed by atoms with E-state index in [1.165, 1.54) is 6.42 Å². The van der Waals surface area contributed by atoms with E-state index in [-0.39, 0.29) is 0 Å². The van der Waals surface area contributed by atoms with Crippen LogP contribution in [0.5, 0.6) is 0 Å². The zero-order valence-corrected chi connectivity index (χ0v) is 14.5. The van der Waals surface area contributed by atoms with E-state index in [0.717, 1.165) is 37.5 Å². The first-order valence-electron chi connectivity index (χ1n) is 8.80. The van der Waals surface area contributed by atoms with Crippen LogP contribution in [-0.4, -0.2) is 30.6 Å². The normalized spacial score (nSPS) is 37.6. The molecule has 0 aromatic carbocycles. The molecule has 4 aliphatic carbocycles. The summed E-state index contributed by atoms with van der Waals surface area (Å²) in [5, 5.41) is 0. The van der Waals surface area contributed by atoms with Gasteiger partial charge in [-0.2, -0.15) is 8.78 Å². The van der Waals surface area contributed by atoms with Crippen molar-refractivity contribution in [3.8, 4) is 0 Å². The average molecular weight is 344 g/mol. The molecule has 0 N–H and O–H groups in total. The molecule has 4 rings (SSSR count). The van der Waals surface area contributed by atoms with E-state index in [1.54, 1.807) is 13.8 Å². The molecule has 4 fully saturated rings. The zero-order valence-electron chi connectivity index (χ0n) is 14.5. The largest absolute Gasteiger partial charge is 0.460 e. The molecule has 0 spiro atoms. The molecule has 4 nitrogen and oxygen atoms in total. The Hall–Kier alpha value is -1.20. The van der Waals surface area contributed by atoms with Crippen LogP contribution in [0.2, 0.25) is 0 Å². The average Bonchev–Trinajstić information content (AvgIpc) is 2.49. The molecule has 4 bridgehead atoms. The second-order valence-electron chi connectivity index (χ2n) is 8.67. The molecule has 0 radical (unpaired) electrons. The van der Waals surface area contributed by atoms with Gasteiger partial charge in [0.15, 0.2) is 0 Å². The minimum Gasteiger partial charge on any atom is -0.460 e. The van der Waals surface area contributed by atoms with Gasteiger partial charge in [-0.1, -0.05) is 0 Å². The second-order valence-corrected chi connectivity index (χ2v) is 8.67. The third-order valence-electron chi connectivity index (χ3n) is 6.38. The van der Waals surface area contributed by atoms with Crippen molar-refractivity contribution in [1.82, 2.24) is 0 Å². The molecule has 6 heteroatoms. The number of hydrogen-bond donors (Lipinski definition) is 0. The Morgan fingerprint density at radius 2 is 1.58 bits per heavy atom. The topological polar surface area (TPSA) is 52.6 Å². The van der Waals surface area contributed by atoms with Gasteiger partial charge < -0.3 is 9.47 Å². The fourth-order valence-corrected chi connectivity index (χ4v) is 5.00. The summed E-state index contributed by atoms with van der Waals surface area (Å²) in [5.74, 6) is 0.226. The number of carbonyl (C=O) groups is 2. The van der Waals surface area contributed by atoms with E-state index in [2.05, 4.69) is 4.74 Å². The van der Waals surface area contributed by atoms with Gasteiger partial charge in [-0.25, -0.2) is 4.79 Å². The molecule has 24 heavy (non-hydrogen) atoms. The molecule has 0 aromatic heterocycles. The van der Waals surface area contributed by atoms with Crippen LogP contribution in [-0.2, 0) is 19.1 Å². The number of halogens is 2. The molecular weight excluding hydrogens is 318 g/mol. The van der Waals surface area contributed by atoms with Crippen molar-refractivity contribution in [2.75, 3.05) is 6.61 Å². The first-order chi connectivity index (χ1) is 11.1. The van der Waals surface area contributed by atoms with Gasteiger partial charge in [0.25, 0.3) is 0 Å². The Balaban J connectivity index is 1.64. The summed E-state index contributed by atoms with van der Waals surface area (Å²) in [7, 11) is 0. The van der Waals surface area contributed by atoms with Gasteiger partial charge in [-0.15, -0.1) is 0 Å². The van der Waals surface area contributed by atoms with Crippen molar-refractivity contribution >= 4 is 11.9 Å². The summed E-state index contributed by atoms with van der Waals surface area (Å²) in [6, 6.07) is 0. The van der Waals surface area contributed by atoms with Gasteiger partial charge in [0.1, 0.15) is 12.2 Å². The van der Waals surface area contributed by atoms with Crippen molar-refractivity contribution in [3.05, 3.63) is 0 Å². The monoisotopic (exact) mass is 344 g/mol. The molecule has 0 aliphatic heterocycles. The minimum atomic E-state index is -3.18. The maximum Gasteiger partial charge on any atom is 0.373 e. The number of rotatable bonds is 5. The van der Waals surface area contributed by atoms with E-state index >= 15 is 0 Å². The van der Waals surface area contributed by atoms with Crippen LogP contribution in [0.4, 0.5) is 8.78 Å². The SMILES string of the molecule is CC(C)(COC(=O)C(F)F)C(=O)OC1(C)C2CC3CC(C2)CC1C3. The molecule has 0 amide bonds. The molecular formula is C18H26F2O4. The Morgan fingerprint density at radius 1 is 1.08 bits per heavy atom. The Bertz CT molecular complexity index is 501. The molecule has 136 valence electrons. The van der Waals surface area contributed by atoms with Crippen LogP contribution in [0.1, 0.15) is 52.9 Å². The highest BCUT2D eigenvalue weighted by Gasteiger charge is 2.57. The predicted octanol–water partition coefficient (Wildman–Crippen LogP) is 3.58. The van der Waals surface area contributed by atoms with Crippen LogP contribution in [0.15, 0.2) is 0 Å². The van der Waals surface area contributed by atoms with E-state index in [1.807, 2.05) is 6.92 Å². The fourth-order valence-electron chi connectivity index (χ4n) is 5.00. The van der Waals surface area contributed by atoms with Crippen molar-refractivity contribution < 1.29 is 27.8 Å². The zero-order chi connectivity index (χ0) is 17.7. The highest BCUT2D eigenvalue weighted by atomic mass is 19.3. The van der Waals surface area contributed by atoms with Crippen LogP contribution in [0.3, 0.4) is 0 Å². The number of carbonyl (C=O) groups excluding carboxylic acids is 2. The highest BCUT2D eigenvalue weighted by molar-refractivity contribution is 5.78. The predicted molar refractivity (Wildman–Crippen MR) is 82.3 cm³/mol. The summed E-state index contributed by atoms with van der Waals surface area (Å²) >= 11 is 0. The summed E-state index contributed by atoms with van der Waals surface area (Å²) in [6.45, 7) is 4.76. The number of esters is 2. The lowest BCUT2D eigenvalue weighted by atomic mass is 9.50. The standard InChI is InChI=1S/C18H26F2O4/c1-17(2,9-23-15(21)14(19)20)16(22)24-18(3)12-5-10-4-11(7-12)8-13(18)6-10/h10-14H,4-9H2,1-3H3. The second kappa shape index (κ2) is 5.95. The van der Waals surface area contributed by atoms with Crippen LogP contribution >= 0.6 is 0 Å². The lowest BCUT2D eigenvalue weighted by Gasteiger charge is -2.59. The molecule has 4 saturated carbocycles. The van der Waals surface area contributed by atoms with Crippen LogP contribution in [0, 0.1) is 29.1 Å². The first kappa shape index (κ1) is 17.6. The number of ether oxygens (including phenoxy) is 2. The minimum absolute atomic E-state index is 0.386. The highest BCUT2D eigenvalue weighted by Crippen LogP contribution is 2.59. The molecule has 0 atom stereocenters. The maximum absolute atomic E-state index is 12.6. The van der Waals surface area contributed by atoms with Gasteiger partial charge in [0, 0.05) is 0 Å². The van der Waals surface area contributed by atoms with E-state index in [9.17, 15) is 18.4 Å². The van der Waals surface area contributed by atoms with Crippen molar-refractivity contribution in [2.24, 2.45) is 29.1 Å². The van der Waals surface area contributed by atoms with Crippen molar-refractivity contribution in [2.45, 2.75) is 64.9 Å².